The van der Waals surface area contributed by atoms with Crippen molar-refractivity contribution in [3.8, 4) is 0 Å². The Labute approximate surface area is 107 Å². The first-order chi connectivity index (χ1) is 8.84. The maximum Gasteiger partial charge on any atom is 0.224 e. The van der Waals surface area contributed by atoms with E-state index in [1.54, 1.807) is 18.8 Å². The number of aromatic nitrogens is 1. The molecular weight excluding hydrogens is 224 g/mol. The Morgan fingerprint density at radius 1 is 1.06 bits per heavy atom. The Hall–Kier alpha value is -2.16. The molecule has 1 aromatic carbocycles. The van der Waals surface area contributed by atoms with Crippen molar-refractivity contribution in [1.82, 2.24) is 10.3 Å². The van der Waals surface area contributed by atoms with E-state index in [4.69, 9.17) is 0 Å². The lowest BCUT2D eigenvalue weighted by molar-refractivity contribution is -0.118. The van der Waals surface area contributed by atoms with Gasteiger partial charge in [0.25, 0.3) is 0 Å². The Morgan fingerprint density at radius 2 is 1.78 bits per heavy atom. The van der Waals surface area contributed by atoms with Crippen LogP contribution in [0.15, 0.2) is 54.9 Å². The summed E-state index contributed by atoms with van der Waals surface area (Å²) in [4.78, 5) is 15.5. The molecule has 1 N–H and O–H groups in total. The topological polar surface area (TPSA) is 42.0 Å². The molecule has 0 saturated heterocycles. The van der Waals surface area contributed by atoms with Gasteiger partial charge in [0.05, 0.1) is 6.42 Å². The summed E-state index contributed by atoms with van der Waals surface area (Å²) in [6.07, 6.45) is 5.73. The SMILES string of the molecule is O=C([CH]Cc1ccncc1)NCc1ccccc1. The Kier molecular flexibility index (Phi) is 4.47. The van der Waals surface area contributed by atoms with Crippen LogP contribution in [-0.2, 0) is 17.8 Å². The van der Waals surface area contributed by atoms with Gasteiger partial charge < -0.3 is 5.32 Å². The summed E-state index contributed by atoms with van der Waals surface area (Å²) in [7, 11) is 0. The normalized spacial score (nSPS) is 10.0. The Morgan fingerprint density at radius 3 is 2.50 bits per heavy atom. The molecule has 0 saturated carbocycles. The van der Waals surface area contributed by atoms with Crippen LogP contribution in [-0.4, -0.2) is 10.9 Å². The fourth-order valence-electron chi connectivity index (χ4n) is 1.59. The zero-order valence-corrected chi connectivity index (χ0v) is 10.0. The van der Waals surface area contributed by atoms with Gasteiger partial charge in [-0.05, 0) is 29.7 Å². The summed E-state index contributed by atoms with van der Waals surface area (Å²) in [5.74, 6) is -0.0457. The minimum absolute atomic E-state index is 0.0457. The molecule has 18 heavy (non-hydrogen) atoms. The molecule has 0 aliphatic heterocycles. The Bertz CT molecular complexity index is 437. The van der Waals surface area contributed by atoms with Crippen molar-refractivity contribution in [3.05, 3.63) is 72.4 Å². The molecule has 1 aromatic heterocycles. The average Bonchev–Trinajstić information content (AvgIpc) is 2.45. The lowest BCUT2D eigenvalue weighted by Gasteiger charge is -2.05. The highest BCUT2D eigenvalue weighted by Gasteiger charge is 2.02. The highest BCUT2D eigenvalue weighted by molar-refractivity contribution is 5.84. The summed E-state index contributed by atoms with van der Waals surface area (Å²) >= 11 is 0. The molecule has 3 heteroatoms. The second kappa shape index (κ2) is 6.55. The maximum atomic E-state index is 11.6. The first-order valence-electron chi connectivity index (χ1n) is 5.88. The molecule has 1 amide bonds. The van der Waals surface area contributed by atoms with Gasteiger partial charge in [-0.3, -0.25) is 9.78 Å². The van der Waals surface area contributed by atoms with Crippen LogP contribution in [0.4, 0.5) is 0 Å². The van der Waals surface area contributed by atoms with Crippen LogP contribution in [0.3, 0.4) is 0 Å². The summed E-state index contributed by atoms with van der Waals surface area (Å²) < 4.78 is 0. The number of carbonyl (C=O) groups excluding carboxylic acids is 1. The van der Waals surface area contributed by atoms with Crippen LogP contribution in [0.1, 0.15) is 11.1 Å². The van der Waals surface area contributed by atoms with Crippen molar-refractivity contribution < 1.29 is 4.79 Å². The second-order valence-electron chi connectivity index (χ2n) is 3.97. The predicted octanol–water partition coefficient (Wildman–Crippen LogP) is 2.14. The fourth-order valence-corrected chi connectivity index (χ4v) is 1.59. The highest BCUT2D eigenvalue weighted by Crippen LogP contribution is 2.01. The summed E-state index contributed by atoms with van der Waals surface area (Å²) in [6.45, 7) is 0.562. The van der Waals surface area contributed by atoms with E-state index >= 15 is 0 Å². The van der Waals surface area contributed by atoms with E-state index in [1.807, 2.05) is 42.5 Å². The number of nitrogens with zero attached hydrogens (tertiary/aromatic N) is 1. The lowest BCUT2D eigenvalue weighted by Crippen LogP contribution is -2.23. The number of hydrogen-bond donors (Lipinski definition) is 1. The largest absolute Gasteiger partial charge is 0.352 e. The molecule has 0 fully saturated rings. The fraction of sp³-hybridized carbons (Fsp3) is 0.133. The standard InChI is InChI=1S/C15H15N2O/c18-15(7-6-13-8-10-16-11-9-13)17-12-14-4-2-1-3-5-14/h1-5,7-11H,6,12H2,(H,17,18). The van der Waals surface area contributed by atoms with Gasteiger partial charge in [0.15, 0.2) is 0 Å². The predicted molar refractivity (Wildman–Crippen MR) is 70.5 cm³/mol. The van der Waals surface area contributed by atoms with Gasteiger partial charge in [-0.1, -0.05) is 30.3 Å². The van der Waals surface area contributed by atoms with Gasteiger partial charge in [0.1, 0.15) is 0 Å². The van der Waals surface area contributed by atoms with Gasteiger partial charge in [0.2, 0.25) is 5.91 Å². The molecule has 91 valence electrons. The van der Waals surface area contributed by atoms with E-state index in [1.165, 1.54) is 0 Å². The van der Waals surface area contributed by atoms with Crippen LogP contribution in [0.5, 0.6) is 0 Å². The van der Waals surface area contributed by atoms with E-state index in [-0.39, 0.29) is 5.91 Å². The Balaban J connectivity index is 1.73. The summed E-state index contributed by atoms with van der Waals surface area (Å²) in [5.41, 5.74) is 2.18. The first-order valence-corrected chi connectivity index (χ1v) is 5.88. The minimum Gasteiger partial charge on any atom is -0.352 e. The van der Waals surface area contributed by atoms with Crippen molar-refractivity contribution in [2.24, 2.45) is 0 Å². The van der Waals surface area contributed by atoms with Crippen LogP contribution in [0, 0.1) is 6.42 Å². The van der Waals surface area contributed by atoms with Crippen molar-refractivity contribution in [3.63, 3.8) is 0 Å². The molecule has 2 rings (SSSR count). The van der Waals surface area contributed by atoms with Crippen molar-refractivity contribution in [2.45, 2.75) is 13.0 Å². The van der Waals surface area contributed by atoms with Crippen molar-refractivity contribution in [2.75, 3.05) is 0 Å². The second-order valence-corrected chi connectivity index (χ2v) is 3.97. The van der Waals surface area contributed by atoms with Crippen molar-refractivity contribution in [1.29, 1.82) is 0 Å². The smallest absolute Gasteiger partial charge is 0.224 e. The zero-order chi connectivity index (χ0) is 12.6. The molecule has 0 unspecified atom stereocenters. The van der Waals surface area contributed by atoms with Gasteiger partial charge in [-0.25, -0.2) is 0 Å². The maximum absolute atomic E-state index is 11.6. The third-order valence-electron chi connectivity index (χ3n) is 2.58. The minimum atomic E-state index is -0.0457. The number of benzene rings is 1. The molecular formula is C15H15N2O. The van der Waals surface area contributed by atoms with Gasteiger partial charge in [-0.15, -0.1) is 0 Å². The molecule has 3 nitrogen and oxygen atoms in total. The summed E-state index contributed by atoms with van der Waals surface area (Å²) in [6, 6.07) is 13.7. The molecule has 0 aliphatic carbocycles. The van der Waals surface area contributed by atoms with Gasteiger partial charge in [0, 0.05) is 18.9 Å². The summed E-state index contributed by atoms with van der Waals surface area (Å²) in [5, 5.41) is 2.86. The van der Waals surface area contributed by atoms with E-state index < -0.39 is 0 Å². The quantitative estimate of drug-likeness (QED) is 0.868. The molecule has 0 atom stereocenters. The third-order valence-corrected chi connectivity index (χ3v) is 2.58. The van der Waals surface area contributed by atoms with Crippen LogP contribution < -0.4 is 5.32 Å². The highest BCUT2D eigenvalue weighted by atomic mass is 16.1. The molecule has 2 aromatic rings. The number of hydrogen-bond acceptors (Lipinski definition) is 2. The molecule has 1 radical (unpaired) electrons. The molecule has 1 heterocycles. The monoisotopic (exact) mass is 239 g/mol. The van der Waals surface area contributed by atoms with E-state index in [0.29, 0.717) is 13.0 Å². The first kappa shape index (κ1) is 12.3. The number of carbonyl (C=O) groups is 1. The number of nitrogens with one attached hydrogen (secondary N) is 1. The van der Waals surface area contributed by atoms with Gasteiger partial charge >= 0.3 is 0 Å². The van der Waals surface area contributed by atoms with E-state index in [0.717, 1.165) is 11.1 Å². The van der Waals surface area contributed by atoms with Crippen LogP contribution in [0.2, 0.25) is 0 Å². The number of amides is 1. The van der Waals surface area contributed by atoms with Gasteiger partial charge in [-0.2, -0.15) is 0 Å². The van der Waals surface area contributed by atoms with Crippen molar-refractivity contribution >= 4 is 5.91 Å². The molecule has 0 bridgehead atoms. The number of pyridine rings is 1. The molecule has 0 spiro atoms. The van der Waals surface area contributed by atoms with E-state index in [9.17, 15) is 4.79 Å². The molecule has 0 aliphatic rings. The third kappa shape index (κ3) is 4.01. The average molecular weight is 239 g/mol. The lowest BCUT2D eigenvalue weighted by atomic mass is 10.1. The van der Waals surface area contributed by atoms with Crippen LogP contribution in [0.25, 0.3) is 0 Å². The number of rotatable bonds is 5. The zero-order valence-electron chi connectivity index (χ0n) is 10.0. The van der Waals surface area contributed by atoms with E-state index in [2.05, 4.69) is 10.3 Å². The van der Waals surface area contributed by atoms with Crippen LogP contribution >= 0.6 is 0 Å².